The van der Waals surface area contributed by atoms with Gasteiger partial charge in [-0.2, -0.15) is 0 Å². The van der Waals surface area contributed by atoms with E-state index in [1.807, 2.05) is 12.1 Å². The maximum absolute atomic E-state index is 11.3. The zero-order valence-electron chi connectivity index (χ0n) is 11.0. The molecule has 3 heteroatoms. The van der Waals surface area contributed by atoms with Crippen LogP contribution in [0, 0.1) is 11.8 Å². The van der Waals surface area contributed by atoms with Gasteiger partial charge < -0.3 is 4.42 Å². The SMILES string of the molecule is O=Cc1ccc(C#Cc2cccc3ccc(=O)oc23)cc1. The van der Waals surface area contributed by atoms with Crippen LogP contribution in [0.4, 0.5) is 0 Å². The smallest absolute Gasteiger partial charge is 0.336 e. The second-order valence-electron chi connectivity index (χ2n) is 4.47. The van der Waals surface area contributed by atoms with E-state index in [2.05, 4.69) is 11.8 Å². The molecule has 1 aromatic heterocycles. The number of carbonyl (C=O) groups is 1. The van der Waals surface area contributed by atoms with E-state index in [-0.39, 0.29) is 0 Å². The molecule has 1 heterocycles. The van der Waals surface area contributed by atoms with Gasteiger partial charge in [0, 0.05) is 22.6 Å². The van der Waals surface area contributed by atoms with Crippen molar-refractivity contribution in [3.8, 4) is 11.8 Å². The van der Waals surface area contributed by atoms with Gasteiger partial charge in [0.1, 0.15) is 6.29 Å². The van der Waals surface area contributed by atoms with Gasteiger partial charge in [-0.25, -0.2) is 4.79 Å². The van der Waals surface area contributed by atoms with Crippen LogP contribution in [0.5, 0.6) is 0 Å². The Morgan fingerprint density at radius 3 is 2.48 bits per heavy atom. The molecule has 3 nitrogen and oxygen atoms in total. The van der Waals surface area contributed by atoms with E-state index >= 15 is 0 Å². The monoisotopic (exact) mass is 274 g/mol. The molecule has 0 aliphatic heterocycles. The Morgan fingerprint density at radius 2 is 1.71 bits per heavy atom. The molecule has 0 N–H and O–H groups in total. The number of hydrogen-bond acceptors (Lipinski definition) is 3. The molecule has 0 unspecified atom stereocenters. The summed E-state index contributed by atoms with van der Waals surface area (Å²) in [4.78, 5) is 21.9. The first-order chi connectivity index (χ1) is 10.3. The Bertz CT molecular complexity index is 922. The van der Waals surface area contributed by atoms with Gasteiger partial charge in [-0.05, 0) is 24.3 Å². The highest BCUT2D eigenvalue weighted by Gasteiger charge is 2.01. The van der Waals surface area contributed by atoms with Crippen LogP contribution in [-0.4, -0.2) is 6.29 Å². The van der Waals surface area contributed by atoms with Crippen LogP contribution in [0.15, 0.2) is 63.8 Å². The van der Waals surface area contributed by atoms with Crippen molar-refractivity contribution in [1.82, 2.24) is 0 Å². The summed E-state index contributed by atoms with van der Waals surface area (Å²) in [6.07, 6.45) is 0.788. The second kappa shape index (κ2) is 5.48. The lowest BCUT2D eigenvalue weighted by Crippen LogP contribution is -1.95. The van der Waals surface area contributed by atoms with E-state index in [1.165, 1.54) is 6.07 Å². The largest absolute Gasteiger partial charge is 0.421 e. The highest BCUT2D eigenvalue weighted by molar-refractivity contribution is 5.82. The fourth-order valence-electron chi connectivity index (χ4n) is 1.98. The Labute approximate surface area is 120 Å². The first-order valence-electron chi connectivity index (χ1n) is 6.36. The topological polar surface area (TPSA) is 47.3 Å². The van der Waals surface area contributed by atoms with Gasteiger partial charge in [0.15, 0.2) is 5.58 Å². The molecule has 0 amide bonds. The number of aldehydes is 1. The molecular formula is C18H10O3. The zero-order valence-corrected chi connectivity index (χ0v) is 11.0. The van der Waals surface area contributed by atoms with E-state index < -0.39 is 5.63 Å². The third-order valence-electron chi connectivity index (χ3n) is 3.04. The summed E-state index contributed by atoms with van der Waals surface area (Å²) in [7, 11) is 0. The molecule has 100 valence electrons. The quantitative estimate of drug-likeness (QED) is 0.389. The predicted octanol–water partition coefficient (Wildman–Crippen LogP) is 3.01. The van der Waals surface area contributed by atoms with Crippen LogP contribution in [0.2, 0.25) is 0 Å². The van der Waals surface area contributed by atoms with E-state index in [0.29, 0.717) is 16.7 Å². The van der Waals surface area contributed by atoms with Crippen LogP contribution >= 0.6 is 0 Å². The minimum absolute atomic E-state index is 0.396. The van der Waals surface area contributed by atoms with Crippen molar-refractivity contribution in [3.05, 3.63) is 81.7 Å². The highest BCUT2D eigenvalue weighted by atomic mass is 16.4. The van der Waals surface area contributed by atoms with Gasteiger partial charge in [0.05, 0.1) is 5.56 Å². The standard InChI is InChI=1S/C18H10O3/c19-12-14-6-4-13(5-7-14)8-9-15-2-1-3-16-10-11-17(20)21-18(15)16/h1-7,10-12H. The normalized spacial score (nSPS) is 9.90. The summed E-state index contributed by atoms with van der Waals surface area (Å²) in [5, 5.41) is 0.831. The fourth-order valence-corrected chi connectivity index (χ4v) is 1.98. The third-order valence-corrected chi connectivity index (χ3v) is 3.04. The first kappa shape index (κ1) is 12.9. The van der Waals surface area contributed by atoms with E-state index in [4.69, 9.17) is 4.42 Å². The van der Waals surface area contributed by atoms with Crippen molar-refractivity contribution in [1.29, 1.82) is 0 Å². The lowest BCUT2D eigenvalue weighted by Gasteiger charge is -1.97. The van der Waals surface area contributed by atoms with Crippen molar-refractivity contribution in [2.24, 2.45) is 0 Å². The molecule has 2 aromatic carbocycles. The summed E-state index contributed by atoms with van der Waals surface area (Å²) in [5.74, 6) is 5.99. The second-order valence-corrected chi connectivity index (χ2v) is 4.47. The van der Waals surface area contributed by atoms with Gasteiger partial charge >= 0.3 is 5.63 Å². The average Bonchev–Trinajstić information content (AvgIpc) is 2.53. The molecule has 0 aliphatic carbocycles. The summed E-state index contributed by atoms with van der Waals surface area (Å²) in [6, 6.07) is 15.6. The molecule has 0 spiro atoms. The molecule has 0 bridgehead atoms. The minimum Gasteiger partial charge on any atom is -0.421 e. The Hall–Kier alpha value is -3.12. The van der Waals surface area contributed by atoms with Gasteiger partial charge in [-0.1, -0.05) is 36.1 Å². The maximum Gasteiger partial charge on any atom is 0.336 e. The molecule has 0 aliphatic rings. The molecule has 21 heavy (non-hydrogen) atoms. The zero-order chi connectivity index (χ0) is 14.7. The fraction of sp³-hybridized carbons (Fsp3) is 0. The number of hydrogen-bond donors (Lipinski definition) is 0. The van der Waals surface area contributed by atoms with E-state index in [9.17, 15) is 9.59 Å². The molecule has 0 saturated heterocycles. The maximum atomic E-state index is 11.3. The van der Waals surface area contributed by atoms with Gasteiger partial charge in [0.25, 0.3) is 0 Å². The van der Waals surface area contributed by atoms with Crippen LogP contribution in [0.1, 0.15) is 21.5 Å². The highest BCUT2D eigenvalue weighted by Crippen LogP contribution is 2.16. The van der Waals surface area contributed by atoms with E-state index in [0.717, 1.165) is 17.2 Å². The number of benzene rings is 2. The first-order valence-corrected chi connectivity index (χ1v) is 6.36. The van der Waals surface area contributed by atoms with Crippen LogP contribution in [0.25, 0.3) is 11.0 Å². The van der Waals surface area contributed by atoms with Crippen LogP contribution < -0.4 is 5.63 Å². The number of rotatable bonds is 1. The lowest BCUT2D eigenvalue weighted by atomic mass is 10.1. The van der Waals surface area contributed by atoms with Gasteiger partial charge in [-0.3, -0.25) is 4.79 Å². The Morgan fingerprint density at radius 1 is 0.905 bits per heavy atom. The summed E-state index contributed by atoms with van der Waals surface area (Å²) in [5.41, 5.74) is 2.14. The summed E-state index contributed by atoms with van der Waals surface area (Å²) in [6.45, 7) is 0. The van der Waals surface area contributed by atoms with E-state index in [1.54, 1.807) is 36.4 Å². The molecule has 0 radical (unpaired) electrons. The Kier molecular flexibility index (Phi) is 3.36. The predicted molar refractivity (Wildman–Crippen MR) is 80.3 cm³/mol. The van der Waals surface area contributed by atoms with Crippen LogP contribution in [0.3, 0.4) is 0 Å². The molecule has 0 saturated carbocycles. The van der Waals surface area contributed by atoms with Crippen molar-refractivity contribution >= 4 is 17.3 Å². The molecular weight excluding hydrogens is 264 g/mol. The summed E-state index contributed by atoms with van der Waals surface area (Å²) < 4.78 is 5.21. The Balaban J connectivity index is 2.05. The number of para-hydroxylation sites is 1. The van der Waals surface area contributed by atoms with Crippen molar-refractivity contribution in [2.75, 3.05) is 0 Å². The van der Waals surface area contributed by atoms with Crippen LogP contribution in [-0.2, 0) is 0 Å². The molecule has 0 fully saturated rings. The third kappa shape index (κ3) is 2.75. The lowest BCUT2D eigenvalue weighted by molar-refractivity contribution is 0.112. The van der Waals surface area contributed by atoms with Gasteiger partial charge in [0.2, 0.25) is 0 Å². The summed E-state index contributed by atoms with van der Waals surface area (Å²) >= 11 is 0. The number of carbonyl (C=O) groups excluding carboxylic acids is 1. The molecule has 3 rings (SSSR count). The van der Waals surface area contributed by atoms with Crippen molar-refractivity contribution in [3.63, 3.8) is 0 Å². The minimum atomic E-state index is -0.396. The average molecular weight is 274 g/mol. The van der Waals surface area contributed by atoms with Crippen molar-refractivity contribution < 1.29 is 9.21 Å². The van der Waals surface area contributed by atoms with Crippen molar-refractivity contribution in [2.45, 2.75) is 0 Å². The van der Waals surface area contributed by atoms with Gasteiger partial charge in [-0.15, -0.1) is 0 Å². The number of fused-ring (bicyclic) bond motifs is 1. The molecule has 3 aromatic rings. The molecule has 0 atom stereocenters.